The van der Waals surface area contributed by atoms with Gasteiger partial charge < -0.3 is 20.7 Å². The molecule has 0 heterocycles. The van der Waals surface area contributed by atoms with Crippen molar-refractivity contribution in [3.05, 3.63) is 23.3 Å². The van der Waals surface area contributed by atoms with Gasteiger partial charge >= 0.3 is 0 Å². The molecule has 0 spiro atoms. The Kier molecular flexibility index (Phi) is 3.33. The molecule has 0 aromatic heterocycles. The van der Waals surface area contributed by atoms with Crippen molar-refractivity contribution in [2.75, 3.05) is 13.7 Å². The molecule has 0 fully saturated rings. The van der Waals surface area contributed by atoms with Gasteiger partial charge in [-0.05, 0) is 24.6 Å². The molecule has 4 heteroatoms. The molecular weight excluding hydrogens is 182 g/mol. The molecular formula is C10H15NO3. The van der Waals surface area contributed by atoms with Gasteiger partial charge in [-0.2, -0.15) is 0 Å². The molecule has 1 aromatic rings. The Bertz CT molecular complexity index is 325. The SMILES string of the molecule is COc1cc(C)c(O)cc1C(O)CN. The van der Waals surface area contributed by atoms with E-state index in [4.69, 9.17) is 10.5 Å². The summed E-state index contributed by atoms with van der Waals surface area (Å²) in [7, 11) is 1.51. The quantitative estimate of drug-likeness (QED) is 0.666. The Morgan fingerprint density at radius 3 is 2.64 bits per heavy atom. The summed E-state index contributed by atoms with van der Waals surface area (Å²) in [5, 5.41) is 19.0. The first-order valence-corrected chi connectivity index (χ1v) is 4.35. The lowest BCUT2D eigenvalue weighted by Gasteiger charge is -2.14. The number of aliphatic hydroxyl groups is 1. The van der Waals surface area contributed by atoms with Crippen LogP contribution in [0.5, 0.6) is 11.5 Å². The van der Waals surface area contributed by atoms with Gasteiger partial charge in [-0.1, -0.05) is 0 Å². The first kappa shape index (κ1) is 10.8. The maximum absolute atomic E-state index is 9.54. The highest BCUT2D eigenvalue weighted by Crippen LogP contribution is 2.31. The standard InChI is InChI=1S/C10H15NO3/c1-6-3-10(14-2)7(4-8(6)12)9(13)5-11/h3-4,9,12-13H,5,11H2,1-2H3. The molecule has 0 aliphatic carbocycles. The van der Waals surface area contributed by atoms with E-state index in [1.807, 2.05) is 0 Å². The Labute approximate surface area is 82.9 Å². The van der Waals surface area contributed by atoms with E-state index >= 15 is 0 Å². The average molecular weight is 197 g/mol. The zero-order valence-electron chi connectivity index (χ0n) is 8.32. The van der Waals surface area contributed by atoms with Crippen LogP contribution in [0.3, 0.4) is 0 Å². The van der Waals surface area contributed by atoms with Crippen LogP contribution in [0.1, 0.15) is 17.2 Å². The van der Waals surface area contributed by atoms with Crippen LogP contribution in [0.25, 0.3) is 0 Å². The third kappa shape index (κ3) is 1.97. The first-order chi connectivity index (χ1) is 6.60. The number of methoxy groups -OCH3 is 1. The van der Waals surface area contributed by atoms with Gasteiger partial charge in [-0.15, -0.1) is 0 Å². The van der Waals surface area contributed by atoms with Crippen molar-refractivity contribution < 1.29 is 14.9 Å². The monoisotopic (exact) mass is 197 g/mol. The summed E-state index contributed by atoms with van der Waals surface area (Å²) in [5.41, 5.74) is 6.54. The lowest BCUT2D eigenvalue weighted by molar-refractivity contribution is 0.181. The highest BCUT2D eigenvalue weighted by atomic mass is 16.5. The number of rotatable bonds is 3. The van der Waals surface area contributed by atoms with Crippen LogP contribution in [0.15, 0.2) is 12.1 Å². The fraction of sp³-hybridized carbons (Fsp3) is 0.400. The fourth-order valence-corrected chi connectivity index (χ4v) is 1.25. The van der Waals surface area contributed by atoms with Crippen molar-refractivity contribution in [1.82, 2.24) is 0 Å². The second kappa shape index (κ2) is 4.30. The van der Waals surface area contributed by atoms with Crippen LogP contribution in [0.4, 0.5) is 0 Å². The molecule has 0 saturated carbocycles. The third-order valence-corrected chi connectivity index (χ3v) is 2.13. The summed E-state index contributed by atoms with van der Waals surface area (Å²) in [6.07, 6.45) is -0.809. The van der Waals surface area contributed by atoms with Gasteiger partial charge in [0.15, 0.2) is 0 Å². The lowest BCUT2D eigenvalue weighted by Crippen LogP contribution is -2.12. The molecule has 0 bridgehead atoms. The number of phenolic OH excluding ortho intramolecular Hbond substituents is 1. The average Bonchev–Trinajstić information content (AvgIpc) is 2.20. The molecule has 0 amide bonds. The summed E-state index contributed by atoms with van der Waals surface area (Å²) in [6, 6.07) is 3.15. The van der Waals surface area contributed by atoms with E-state index in [1.54, 1.807) is 13.0 Å². The molecule has 0 aliphatic heterocycles. The molecule has 0 radical (unpaired) electrons. The topological polar surface area (TPSA) is 75.7 Å². The summed E-state index contributed by atoms with van der Waals surface area (Å²) in [6.45, 7) is 1.86. The number of phenols is 1. The molecule has 0 saturated heterocycles. The van der Waals surface area contributed by atoms with Crippen molar-refractivity contribution in [1.29, 1.82) is 0 Å². The lowest BCUT2D eigenvalue weighted by atomic mass is 10.0. The fourth-order valence-electron chi connectivity index (χ4n) is 1.25. The van der Waals surface area contributed by atoms with Gasteiger partial charge in [0.2, 0.25) is 0 Å². The number of nitrogens with two attached hydrogens (primary N) is 1. The Balaban J connectivity index is 3.19. The van der Waals surface area contributed by atoms with Crippen LogP contribution in [0, 0.1) is 6.92 Å². The van der Waals surface area contributed by atoms with Crippen LogP contribution < -0.4 is 10.5 Å². The largest absolute Gasteiger partial charge is 0.508 e. The van der Waals surface area contributed by atoms with Crippen molar-refractivity contribution in [2.45, 2.75) is 13.0 Å². The zero-order chi connectivity index (χ0) is 10.7. The predicted molar refractivity (Wildman–Crippen MR) is 53.4 cm³/mol. The van der Waals surface area contributed by atoms with E-state index in [2.05, 4.69) is 0 Å². The van der Waals surface area contributed by atoms with Crippen molar-refractivity contribution in [3.8, 4) is 11.5 Å². The van der Waals surface area contributed by atoms with E-state index in [0.717, 1.165) is 0 Å². The normalized spacial score (nSPS) is 12.6. The van der Waals surface area contributed by atoms with Gasteiger partial charge in [-0.25, -0.2) is 0 Å². The second-order valence-electron chi connectivity index (χ2n) is 3.13. The Morgan fingerprint density at radius 2 is 2.14 bits per heavy atom. The van der Waals surface area contributed by atoms with Crippen molar-refractivity contribution >= 4 is 0 Å². The number of hydrogen-bond acceptors (Lipinski definition) is 4. The van der Waals surface area contributed by atoms with Gasteiger partial charge in [0, 0.05) is 12.1 Å². The van der Waals surface area contributed by atoms with Crippen LogP contribution >= 0.6 is 0 Å². The first-order valence-electron chi connectivity index (χ1n) is 4.35. The van der Waals surface area contributed by atoms with Crippen molar-refractivity contribution in [2.24, 2.45) is 5.73 Å². The Morgan fingerprint density at radius 1 is 1.50 bits per heavy atom. The Hall–Kier alpha value is -1.26. The van der Waals surface area contributed by atoms with Crippen LogP contribution in [-0.2, 0) is 0 Å². The maximum atomic E-state index is 9.54. The van der Waals surface area contributed by atoms with E-state index in [1.165, 1.54) is 13.2 Å². The number of ether oxygens (including phenoxy) is 1. The van der Waals surface area contributed by atoms with E-state index in [0.29, 0.717) is 16.9 Å². The summed E-state index contributed by atoms with van der Waals surface area (Å²) in [5.74, 6) is 0.673. The van der Waals surface area contributed by atoms with E-state index in [-0.39, 0.29) is 12.3 Å². The molecule has 1 aromatic carbocycles. The zero-order valence-corrected chi connectivity index (χ0v) is 8.32. The summed E-state index contributed by atoms with van der Waals surface area (Å²) < 4.78 is 5.08. The minimum Gasteiger partial charge on any atom is -0.508 e. The molecule has 78 valence electrons. The van der Waals surface area contributed by atoms with Gasteiger partial charge in [0.25, 0.3) is 0 Å². The number of aliphatic hydroxyl groups excluding tert-OH is 1. The number of hydrogen-bond donors (Lipinski definition) is 3. The molecule has 1 unspecified atom stereocenters. The molecule has 0 aliphatic rings. The predicted octanol–water partition coefficient (Wildman–Crippen LogP) is 0.701. The molecule has 1 rings (SSSR count). The number of aryl methyl sites for hydroxylation is 1. The van der Waals surface area contributed by atoms with Gasteiger partial charge in [0.05, 0.1) is 13.2 Å². The molecule has 14 heavy (non-hydrogen) atoms. The van der Waals surface area contributed by atoms with Crippen LogP contribution in [-0.4, -0.2) is 23.9 Å². The minimum absolute atomic E-state index is 0.0961. The molecule has 4 N–H and O–H groups in total. The highest BCUT2D eigenvalue weighted by Gasteiger charge is 2.13. The summed E-state index contributed by atoms with van der Waals surface area (Å²) >= 11 is 0. The maximum Gasteiger partial charge on any atom is 0.125 e. The number of benzene rings is 1. The minimum atomic E-state index is -0.809. The van der Waals surface area contributed by atoms with Gasteiger partial charge in [0.1, 0.15) is 11.5 Å². The van der Waals surface area contributed by atoms with E-state index in [9.17, 15) is 10.2 Å². The molecule has 4 nitrogen and oxygen atoms in total. The van der Waals surface area contributed by atoms with Crippen LogP contribution in [0.2, 0.25) is 0 Å². The summed E-state index contributed by atoms with van der Waals surface area (Å²) in [4.78, 5) is 0. The van der Waals surface area contributed by atoms with Crippen molar-refractivity contribution in [3.63, 3.8) is 0 Å². The number of aromatic hydroxyl groups is 1. The second-order valence-corrected chi connectivity index (χ2v) is 3.13. The third-order valence-electron chi connectivity index (χ3n) is 2.13. The molecule has 1 atom stereocenters. The smallest absolute Gasteiger partial charge is 0.125 e. The van der Waals surface area contributed by atoms with E-state index < -0.39 is 6.10 Å². The highest BCUT2D eigenvalue weighted by molar-refractivity contribution is 5.46. The van der Waals surface area contributed by atoms with Gasteiger partial charge in [-0.3, -0.25) is 0 Å².